The molecule has 0 bridgehead atoms. The summed E-state index contributed by atoms with van der Waals surface area (Å²) in [6.45, 7) is 6.37. The quantitative estimate of drug-likeness (QED) is 0.665. The molecule has 0 aromatic heterocycles. The Morgan fingerprint density at radius 1 is 0.857 bits per heavy atom. The van der Waals surface area contributed by atoms with Gasteiger partial charge in [-0.2, -0.15) is 0 Å². The van der Waals surface area contributed by atoms with Crippen LogP contribution >= 0.6 is 0 Å². The minimum absolute atomic E-state index is 0.0205. The molecule has 2 aliphatic heterocycles. The molecule has 2 fully saturated rings. The first kappa shape index (κ1) is 25.2. The standard InChI is InChI=1S/C27H35N3O4S/c1-20-10-11-21(2)25(18-20)35(33,34)28-24-9-7-8-23(19-24)27(32)30-16-12-22(13-17-30)26(31)29-14-5-3-4-6-15-29/h7-11,18-19,22,28H,3-6,12-17H2,1-2H3. The van der Waals surface area contributed by atoms with Crippen molar-refractivity contribution in [3.05, 3.63) is 59.2 Å². The molecular formula is C27H35N3O4S. The molecule has 0 saturated carbocycles. The fourth-order valence-electron chi connectivity index (χ4n) is 4.98. The van der Waals surface area contributed by atoms with E-state index >= 15 is 0 Å². The lowest BCUT2D eigenvalue weighted by atomic mass is 9.94. The van der Waals surface area contributed by atoms with Crippen LogP contribution in [0.1, 0.15) is 60.0 Å². The summed E-state index contributed by atoms with van der Waals surface area (Å²) in [6.07, 6.45) is 5.87. The third-order valence-electron chi connectivity index (χ3n) is 7.04. The third kappa shape index (κ3) is 6.04. The number of benzene rings is 2. The Labute approximate surface area is 208 Å². The number of amides is 2. The fourth-order valence-corrected chi connectivity index (χ4v) is 6.36. The number of anilines is 1. The molecule has 0 spiro atoms. The van der Waals surface area contributed by atoms with Gasteiger partial charge in [0.15, 0.2) is 0 Å². The highest BCUT2D eigenvalue weighted by Gasteiger charge is 2.31. The largest absolute Gasteiger partial charge is 0.342 e. The van der Waals surface area contributed by atoms with Crippen LogP contribution in [0.2, 0.25) is 0 Å². The number of nitrogens with zero attached hydrogens (tertiary/aromatic N) is 2. The minimum Gasteiger partial charge on any atom is -0.342 e. The highest BCUT2D eigenvalue weighted by Crippen LogP contribution is 2.25. The number of likely N-dealkylation sites (tertiary alicyclic amines) is 2. The van der Waals surface area contributed by atoms with Gasteiger partial charge in [-0.3, -0.25) is 14.3 Å². The van der Waals surface area contributed by atoms with Gasteiger partial charge in [0.25, 0.3) is 15.9 Å². The number of carbonyl (C=O) groups is 2. The number of rotatable bonds is 5. The Hall–Kier alpha value is -2.87. The molecule has 0 atom stereocenters. The first-order valence-corrected chi connectivity index (χ1v) is 14.0. The maximum Gasteiger partial charge on any atom is 0.262 e. The summed E-state index contributed by atoms with van der Waals surface area (Å²) in [5, 5.41) is 0. The van der Waals surface area contributed by atoms with E-state index in [4.69, 9.17) is 0 Å². The van der Waals surface area contributed by atoms with Crippen molar-refractivity contribution in [2.45, 2.75) is 57.3 Å². The second kappa shape index (κ2) is 10.8. The Morgan fingerprint density at radius 2 is 1.54 bits per heavy atom. The van der Waals surface area contributed by atoms with Crippen molar-refractivity contribution in [3.8, 4) is 0 Å². The lowest BCUT2D eigenvalue weighted by Gasteiger charge is -2.34. The van der Waals surface area contributed by atoms with E-state index < -0.39 is 10.0 Å². The highest BCUT2D eigenvalue weighted by molar-refractivity contribution is 7.92. The van der Waals surface area contributed by atoms with Crippen LogP contribution in [0.5, 0.6) is 0 Å². The normalized spacial score (nSPS) is 17.7. The first-order chi connectivity index (χ1) is 16.7. The van der Waals surface area contributed by atoms with Gasteiger partial charge in [-0.25, -0.2) is 8.42 Å². The summed E-state index contributed by atoms with van der Waals surface area (Å²) in [4.78, 5) is 30.1. The zero-order valence-electron chi connectivity index (χ0n) is 20.6. The number of nitrogens with one attached hydrogen (secondary N) is 1. The molecule has 8 heteroatoms. The number of hydrogen-bond acceptors (Lipinski definition) is 4. The predicted octanol–water partition coefficient (Wildman–Crippen LogP) is 4.36. The smallest absolute Gasteiger partial charge is 0.262 e. The van der Waals surface area contributed by atoms with Crippen LogP contribution < -0.4 is 4.72 Å². The van der Waals surface area contributed by atoms with Crippen molar-refractivity contribution in [1.29, 1.82) is 0 Å². The van der Waals surface area contributed by atoms with Gasteiger partial charge in [-0.1, -0.05) is 31.0 Å². The maximum atomic E-state index is 13.2. The van der Waals surface area contributed by atoms with Crippen molar-refractivity contribution in [3.63, 3.8) is 0 Å². The summed E-state index contributed by atoms with van der Waals surface area (Å²) in [5.41, 5.74) is 2.30. The van der Waals surface area contributed by atoms with Crippen LogP contribution in [0.4, 0.5) is 5.69 Å². The molecule has 2 amide bonds. The Bertz CT molecular complexity index is 1180. The zero-order valence-corrected chi connectivity index (χ0v) is 21.4. The van der Waals surface area contributed by atoms with E-state index in [1.165, 1.54) is 12.8 Å². The van der Waals surface area contributed by atoms with E-state index in [1.54, 1.807) is 48.2 Å². The van der Waals surface area contributed by atoms with E-state index in [-0.39, 0.29) is 22.6 Å². The predicted molar refractivity (Wildman–Crippen MR) is 137 cm³/mol. The average molecular weight is 498 g/mol. The third-order valence-corrected chi connectivity index (χ3v) is 8.57. The molecule has 0 radical (unpaired) electrons. The highest BCUT2D eigenvalue weighted by atomic mass is 32.2. The Balaban J connectivity index is 1.39. The molecule has 0 aliphatic carbocycles. The van der Waals surface area contributed by atoms with Gasteiger partial charge in [0.2, 0.25) is 5.91 Å². The van der Waals surface area contributed by atoms with Gasteiger partial charge in [0.05, 0.1) is 4.90 Å². The number of aryl methyl sites for hydroxylation is 2. The molecule has 2 heterocycles. The van der Waals surface area contributed by atoms with E-state index in [2.05, 4.69) is 4.72 Å². The summed E-state index contributed by atoms with van der Waals surface area (Å²) in [5.74, 6) is 0.0770. The molecular weight excluding hydrogens is 462 g/mol. The minimum atomic E-state index is -3.78. The SMILES string of the molecule is Cc1ccc(C)c(S(=O)(=O)Nc2cccc(C(=O)N3CCC(C(=O)N4CCCCCC4)CC3)c2)c1. The fraction of sp³-hybridized carbons (Fsp3) is 0.481. The van der Waals surface area contributed by atoms with E-state index in [0.717, 1.165) is 31.5 Å². The molecule has 2 saturated heterocycles. The monoisotopic (exact) mass is 497 g/mol. The topological polar surface area (TPSA) is 86.8 Å². The van der Waals surface area contributed by atoms with Gasteiger partial charge in [-0.15, -0.1) is 0 Å². The van der Waals surface area contributed by atoms with E-state index in [9.17, 15) is 18.0 Å². The Morgan fingerprint density at radius 3 is 2.23 bits per heavy atom. The van der Waals surface area contributed by atoms with Crippen molar-refractivity contribution in [2.24, 2.45) is 5.92 Å². The molecule has 2 aliphatic rings. The molecule has 188 valence electrons. The summed E-state index contributed by atoms with van der Waals surface area (Å²) >= 11 is 0. The van der Waals surface area contributed by atoms with Gasteiger partial charge >= 0.3 is 0 Å². The molecule has 35 heavy (non-hydrogen) atoms. The van der Waals surface area contributed by atoms with E-state index in [1.807, 2.05) is 17.9 Å². The van der Waals surface area contributed by atoms with Gasteiger partial charge in [-0.05, 0) is 74.9 Å². The number of hydrogen-bond donors (Lipinski definition) is 1. The van der Waals surface area contributed by atoms with Crippen LogP contribution in [0, 0.1) is 19.8 Å². The Kier molecular flexibility index (Phi) is 7.79. The van der Waals surface area contributed by atoms with Crippen LogP contribution in [0.15, 0.2) is 47.4 Å². The number of sulfonamides is 1. The molecule has 7 nitrogen and oxygen atoms in total. The van der Waals surface area contributed by atoms with Crippen molar-refractivity contribution in [2.75, 3.05) is 30.9 Å². The van der Waals surface area contributed by atoms with Crippen LogP contribution in [-0.2, 0) is 14.8 Å². The van der Waals surface area contributed by atoms with Crippen molar-refractivity contribution in [1.82, 2.24) is 9.80 Å². The molecule has 0 unspecified atom stereocenters. The van der Waals surface area contributed by atoms with Gasteiger partial charge in [0, 0.05) is 43.3 Å². The van der Waals surface area contributed by atoms with Crippen LogP contribution in [0.3, 0.4) is 0 Å². The van der Waals surface area contributed by atoms with Gasteiger partial charge in [0.1, 0.15) is 0 Å². The molecule has 1 N–H and O–H groups in total. The van der Waals surface area contributed by atoms with Crippen LogP contribution in [-0.4, -0.2) is 56.2 Å². The summed E-state index contributed by atoms with van der Waals surface area (Å²) < 4.78 is 28.5. The van der Waals surface area contributed by atoms with Crippen LogP contribution in [0.25, 0.3) is 0 Å². The van der Waals surface area contributed by atoms with Gasteiger partial charge < -0.3 is 9.80 Å². The number of piperidine rings is 1. The lowest BCUT2D eigenvalue weighted by Crippen LogP contribution is -2.44. The maximum absolute atomic E-state index is 13.2. The second-order valence-corrected chi connectivity index (χ2v) is 11.4. The first-order valence-electron chi connectivity index (χ1n) is 12.5. The zero-order chi connectivity index (χ0) is 25.0. The average Bonchev–Trinajstić information content (AvgIpc) is 3.14. The van der Waals surface area contributed by atoms with Crippen molar-refractivity contribution >= 4 is 27.5 Å². The molecule has 2 aromatic rings. The number of carbonyl (C=O) groups excluding carboxylic acids is 2. The van der Waals surface area contributed by atoms with E-state index in [0.29, 0.717) is 42.7 Å². The molecule has 2 aromatic carbocycles. The second-order valence-electron chi connectivity index (χ2n) is 9.76. The summed E-state index contributed by atoms with van der Waals surface area (Å²) in [6, 6.07) is 11.9. The molecule has 4 rings (SSSR count). The summed E-state index contributed by atoms with van der Waals surface area (Å²) in [7, 11) is -3.78. The lowest BCUT2D eigenvalue weighted by molar-refractivity contribution is -0.136. The van der Waals surface area contributed by atoms with Crippen molar-refractivity contribution < 1.29 is 18.0 Å².